The summed E-state index contributed by atoms with van der Waals surface area (Å²) < 4.78 is 24.0. The summed E-state index contributed by atoms with van der Waals surface area (Å²) in [5, 5.41) is 1.44. The van der Waals surface area contributed by atoms with Gasteiger partial charge in [-0.1, -0.05) is 11.6 Å². The standard InChI is InChI=1S/C4H2ClF2N2/c5-2-1-8-4(7)9-3(2)6/h1,9H. The number of rotatable bonds is 0. The first-order chi connectivity index (χ1) is 4.20. The van der Waals surface area contributed by atoms with E-state index in [1.807, 2.05) is 0 Å². The summed E-state index contributed by atoms with van der Waals surface area (Å²) in [5.74, 6) is -0.913. The fourth-order valence-corrected chi connectivity index (χ4v) is 0.449. The van der Waals surface area contributed by atoms with Gasteiger partial charge in [-0.2, -0.15) is 8.78 Å². The molecule has 0 bridgehead atoms. The van der Waals surface area contributed by atoms with Gasteiger partial charge in [-0.3, -0.25) is 0 Å². The highest BCUT2D eigenvalue weighted by molar-refractivity contribution is 6.39. The zero-order valence-corrected chi connectivity index (χ0v) is 4.91. The van der Waals surface area contributed by atoms with Gasteiger partial charge < -0.3 is 5.32 Å². The third kappa shape index (κ3) is 1.38. The molecule has 5 heteroatoms. The van der Waals surface area contributed by atoms with Crippen LogP contribution in [0.1, 0.15) is 0 Å². The van der Waals surface area contributed by atoms with E-state index in [0.29, 0.717) is 0 Å². The largest absolute Gasteiger partial charge is 0.352 e. The maximum absolute atomic E-state index is 12.1. The summed E-state index contributed by atoms with van der Waals surface area (Å²) in [4.78, 5) is 3.05. The number of nitrogens with one attached hydrogen (secondary N) is 1. The van der Waals surface area contributed by atoms with Gasteiger partial charge in [0.1, 0.15) is 5.03 Å². The molecule has 0 saturated heterocycles. The SMILES string of the molecule is F[C]1N=CC(Cl)=C(F)N1. The Morgan fingerprint density at radius 2 is 2.22 bits per heavy atom. The Morgan fingerprint density at radius 3 is 2.67 bits per heavy atom. The highest BCUT2D eigenvalue weighted by atomic mass is 35.5. The van der Waals surface area contributed by atoms with Crippen LogP contribution < -0.4 is 5.32 Å². The Hall–Kier alpha value is -0.640. The molecular weight excluding hydrogens is 150 g/mol. The molecule has 0 aliphatic carbocycles. The lowest BCUT2D eigenvalue weighted by Gasteiger charge is -2.07. The third-order valence-electron chi connectivity index (χ3n) is 0.714. The number of nitrogens with zero attached hydrogens (tertiary/aromatic N) is 1. The van der Waals surface area contributed by atoms with Gasteiger partial charge in [-0.15, -0.1) is 0 Å². The fourth-order valence-electron chi connectivity index (χ4n) is 0.353. The number of hydrogen-bond acceptors (Lipinski definition) is 2. The molecule has 0 saturated carbocycles. The maximum atomic E-state index is 12.1. The summed E-state index contributed by atoms with van der Waals surface area (Å²) >= 11 is 5.15. The average molecular weight is 152 g/mol. The van der Waals surface area contributed by atoms with Crippen molar-refractivity contribution in [2.45, 2.75) is 0 Å². The zero-order chi connectivity index (χ0) is 6.85. The van der Waals surface area contributed by atoms with Crippen molar-refractivity contribution in [1.29, 1.82) is 0 Å². The molecule has 1 heterocycles. The van der Waals surface area contributed by atoms with Gasteiger partial charge in [0.25, 0.3) is 0 Å². The van der Waals surface area contributed by atoms with Crippen molar-refractivity contribution in [2.24, 2.45) is 4.99 Å². The molecule has 0 amide bonds. The van der Waals surface area contributed by atoms with E-state index in [1.54, 1.807) is 5.32 Å². The van der Waals surface area contributed by atoms with Crippen LogP contribution in [0.4, 0.5) is 8.78 Å². The zero-order valence-electron chi connectivity index (χ0n) is 4.16. The molecule has 9 heavy (non-hydrogen) atoms. The third-order valence-corrected chi connectivity index (χ3v) is 0.977. The van der Waals surface area contributed by atoms with Crippen LogP contribution in [-0.2, 0) is 0 Å². The van der Waals surface area contributed by atoms with Gasteiger partial charge in [0.15, 0.2) is 0 Å². The van der Waals surface area contributed by atoms with Crippen LogP contribution in [-0.4, -0.2) is 6.21 Å². The van der Waals surface area contributed by atoms with Crippen molar-refractivity contribution in [3.63, 3.8) is 0 Å². The van der Waals surface area contributed by atoms with Gasteiger partial charge in [0.05, 0.1) is 6.21 Å². The molecule has 1 rings (SSSR count). The number of halogens is 3. The molecular formula is C4H2ClF2N2. The lowest BCUT2D eigenvalue weighted by Crippen LogP contribution is -2.17. The van der Waals surface area contributed by atoms with E-state index < -0.39 is 12.4 Å². The smallest absolute Gasteiger partial charge is 0.304 e. The minimum absolute atomic E-state index is 0.226. The molecule has 2 nitrogen and oxygen atoms in total. The van der Waals surface area contributed by atoms with Crippen LogP contribution in [0.25, 0.3) is 0 Å². The van der Waals surface area contributed by atoms with E-state index in [9.17, 15) is 8.78 Å². The molecule has 1 N–H and O–H groups in total. The first kappa shape index (κ1) is 6.48. The predicted octanol–water partition coefficient (Wildman–Crippen LogP) is 1.45. The predicted molar refractivity (Wildman–Crippen MR) is 30.0 cm³/mol. The van der Waals surface area contributed by atoms with E-state index in [-0.39, 0.29) is 5.03 Å². The lowest BCUT2D eigenvalue weighted by atomic mass is 10.6. The van der Waals surface area contributed by atoms with Gasteiger partial charge in [0.2, 0.25) is 5.95 Å². The van der Waals surface area contributed by atoms with Crippen LogP contribution >= 0.6 is 11.6 Å². The molecule has 1 aliphatic rings. The highest BCUT2D eigenvalue weighted by Crippen LogP contribution is 2.15. The molecule has 1 radical (unpaired) electrons. The topological polar surface area (TPSA) is 24.4 Å². The Kier molecular flexibility index (Phi) is 1.66. The van der Waals surface area contributed by atoms with E-state index in [4.69, 9.17) is 11.6 Å². The Morgan fingerprint density at radius 1 is 1.56 bits per heavy atom. The molecule has 49 valence electrons. The van der Waals surface area contributed by atoms with Gasteiger partial charge in [-0.05, 0) is 0 Å². The van der Waals surface area contributed by atoms with Crippen molar-refractivity contribution >= 4 is 17.8 Å². The van der Waals surface area contributed by atoms with Gasteiger partial charge in [0, 0.05) is 0 Å². The minimum atomic E-state index is -0.989. The van der Waals surface area contributed by atoms with Crippen LogP contribution in [0, 0.1) is 6.42 Å². The van der Waals surface area contributed by atoms with E-state index in [0.717, 1.165) is 6.21 Å². The Bertz CT molecular complexity index is 177. The summed E-state index contributed by atoms with van der Waals surface area (Å²) in [6.07, 6.45) is -0.0974. The molecule has 1 aliphatic heterocycles. The van der Waals surface area contributed by atoms with Crippen molar-refractivity contribution in [3.05, 3.63) is 17.4 Å². The van der Waals surface area contributed by atoms with Crippen LogP contribution in [0.2, 0.25) is 0 Å². The highest BCUT2D eigenvalue weighted by Gasteiger charge is 2.14. The molecule has 0 atom stereocenters. The van der Waals surface area contributed by atoms with E-state index in [1.165, 1.54) is 0 Å². The fraction of sp³-hybridized carbons (Fsp3) is 0. The summed E-state index contributed by atoms with van der Waals surface area (Å²) in [7, 11) is 0. The quantitative estimate of drug-likeness (QED) is 0.521. The van der Waals surface area contributed by atoms with Crippen LogP contribution in [0.3, 0.4) is 0 Å². The van der Waals surface area contributed by atoms with Gasteiger partial charge >= 0.3 is 6.42 Å². The summed E-state index contributed by atoms with van der Waals surface area (Å²) in [5.41, 5.74) is 0. The van der Waals surface area contributed by atoms with Crippen molar-refractivity contribution < 1.29 is 8.78 Å². The van der Waals surface area contributed by atoms with Crippen molar-refractivity contribution in [1.82, 2.24) is 5.32 Å². The maximum Gasteiger partial charge on any atom is 0.352 e. The lowest BCUT2D eigenvalue weighted by molar-refractivity contribution is 0.398. The Balaban J connectivity index is 2.75. The number of allylic oxidation sites excluding steroid dienone is 1. The minimum Gasteiger partial charge on any atom is -0.304 e. The molecule has 0 aromatic rings. The van der Waals surface area contributed by atoms with Crippen LogP contribution in [0.15, 0.2) is 16.0 Å². The van der Waals surface area contributed by atoms with Crippen LogP contribution in [0.5, 0.6) is 0 Å². The summed E-state index contributed by atoms with van der Waals surface area (Å²) in [6.45, 7) is 0. The monoisotopic (exact) mass is 151 g/mol. The summed E-state index contributed by atoms with van der Waals surface area (Å²) in [6, 6.07) is 0. The Labute approximate surface area is 55.2 Å². The second kappa shape index (κ2) is 2.31. The molecule has 0 aromatic heterocycles. The number of aliphatic imine (C=N–C) groups is 1. The second-order valence-electron chi connectivity index (χ2n) is 1.34. The van der Waals surface area contributed by atoms with Gasteiger partial charge in [-0.25, -0.2) is 4.99 Å². The first-order valence-corrected chi connectivity index (χ1v) is 2.47. The average Bonchev–Trinajstić information content (AvgIpc) is 1.80. The first-order valence-electron chi connectivity index (χ1n) is 2.09. The second-order valence-corrected chi connectivity index (χ2v) is 1.74. The van der Waals surface area contributed by atoms with Crippen molar-refractivity contribution in [3.8, 4) is 0 Å². The van der Waals surface area contributed by atoms with E-state index in [2.05, 4.69) is 4.99 Å². The molecule has 0 fully saturated rings. The molecule has 0 spiro atoms. The number of hydrogen-bond donors (Lipinski definition) is 1. The molecule has 0 unspecified atom stereocenters. The van der Waals surface area contributed by atoms with Crippen molar-refractivity contribution in [2.75, 3.05) is 0 Å². The van der Waals surface area contributed by atoms with E-state index >= 15 is 0 Å². The normalized spacial score (nSPS) is 20.3. The molecule has 0 aromatic carbocycles.